The van der Waals surface area contributed by atoms with Gasteiger partial charge in [0.1, 0.15) is 0 Å². The summed E-state index contributed by atoms with van der Waals surface area (Å²) in [6.07, 6.45) is 2.13. The van der Waals surface area contributed by atoms with Crippen molar-refractivity contribution in [1.29, 1.82) is 0 Å². The van der Waals surface area contributed by atoms with Gasteiger partial charge in [0.15, 0.2) is 5.75 Å². The van der Waals surface area contributed by atoms with Gasteiger partial charge in [0.05, 0.1) is 0 Å². The molecule has 1 saturated heterocycles. The number of carboxylic acid groups (broad SMARTS) is 1. The summed E-state index contributed by atoms with van der Waals surface area (Å²) in [7, 11) is 0. The van der Waals surface area contributed by atoms with Gasteiger partial charge in [-0.1, -0.05) is 24.3 Å². The van der Waals surface area contributed by atoms with Gasteiger partial charge >= 0.3 is 5.97 Å². The zero-order valence-corrected chi connectivity index (χ0v) is 12.9. The zero-order chi connectivity index (χ0) is 16.2. The predicted molar refractivity (Wildman–Crippen MR) is 85.9 cm³/mol. The Labute approximate surface area is 134 Å². The number of rotatable bonds is 5. The molecule has 4 nitrogen and oxygen atoms in total. The lowest BCUT2D eigenvalue weighted by atomic mass is 9.93. The van der Waals surface area contributed by atoms with Crippen LogP contribution in [0.5, 0.6) is 5.75 Å². The fourth-order valence-corrected chi connectivity index (χ4v) is 3.35. The molecule has 3 rings (SSSR count). The maximum atomic E-state index is 12.3. The van der Waals surface area contributed by atoms with Crippen molar-refractivity contribution in [2.45, 2.75) is 25.8 Å². The number of hydrogen-bond donors (Lipinski definition) is 1. The molecule has 1 aliphatic heterocycles. The lowest BCUT2D eigenvalue weighted by Gasteiger charge is -2.31. The van der Waals surface area contributed by atoms with Gasteiger partial charge in [-0.3, -0.25) is 14.6 Å². The molecule has 1 heterocycles. The van der Waals surface area contributed by atoms with Crippen molar-refractivity contribution in [3.8, 4) is 5.75 Å². The number of piperidine rings is 1. The maximum Gasteiger partial charge on any atom is 0.303 e. The van der Waals surface area contributed by atoms with Gasteiger partial charge in [-0.05, 0) is 60.3 Å². The van der Waals surface area contributed by atoms with Crippen LogP contribution in [0.1, 0.15) is 24.8 Å². The molecule has 1 fully saturated rings. The number of halogens is 1. The standard InChI is InChI=1S/C18H20FNO3/c19-23-16-4-5-17-14(11-16)2-1-3-15(17)12-20-8-6-13(7-9-20)10-18(21)22/h1-5,11,13H,6-10,12H2,(H,21,22). The maximum absolute atomic E-state index is 12.3. The van der Waals surface area contributed by atoms with E-state index in [2.05, 4.69) is 15.9 Å². The first-order valence-electron chi connectivity index (χ1n) is 7.90. The molecule has 0 radical (unpaired) electrons. The molecule has 0 saturated carbocycles. The monoisotopic (exact) mass is 317 g/mol. The summed E-state index contributed by atoms with van der Waals surface area (Å²) in [6, 6.07) is 11.2. The molecule has 5 heteroatoms. The fraction of sp³-hybridized carbons (Fsp3) is 0.389. The Hall–Kier alpha value is -2.14. The van der Waals surface area contributed by atoms with Gasteiger partial charge in [0.25, 0.3) is 0 Å². The fourth-order valence-electron chi connectivity index (χ4n) is 3.35. The van der Waals surface area contributed by atoms with Crippen LogP contribution < -0.4 is 4.94 Å². The molecule has 2 aromatic carbocycles. The van der Waals surface area contributed by atoms with Gasteiger partial charge in [-0.2, -0.15) is 0 Å². The van der Waals surface area contributed by atoms with E-state index in [1.165, 1.54) is 5.56 Å². The van der Waals surface area contributed by atoms with Gasteiger partial charge in [0, 0.05) is 17.5 Å². The van der Waals surface area contributed by atoms with Crippen molar-refractivity contribution in [3.05, 3.63) is 42.0 Å². The van der Waals surface area contributed by atoms with Crippen molar-refractivity contribution >= 4 is 16.7 Å². The molecule has 0 amide bonds. The molecule has 0 bridgehead atoms. The largest absolute Gasteiger partial charge is 0.481 e. The van der Waals surface area contributed by atoms with E-state index in [4.69, 9.17) is 5.11 Å². The summed E-state index contributed by atoms with van der Waals surface area (Å²) < 4.78 is 12.3. The minimum atomic E-state index is -0.705. The molecule has 0 atom stereocenters. The molecule has 0 unspecified atom stereocenters. The van der Waals surface area contributed by atoms with Crippen molar-refractivity contribution in [2.75, 3.05) is 13.1 Å². The van der Waals surface area contributed by atoms with Gasteiger partial charge in [0.2, 0.25) is 0 Å². The highest BCUT2D eigenvalue weighted by molar-refractivity contribution is 5.86. The number of nitrogens with zero attached hydrogens (tertiary/aromatic N) is 1. The minimum Gasteiger partial charge on any atom is -0.481 e. The van der Waals surface area contributed by atoms with E-state index >= 15 is 0 Å². The summed E-state index contributed by atoms with van der Waals surface area (Å²) in [4.78, 5) is 16.9. The number of carbonyl (C=O) groups is 1. The van der Waals surface area contributed by atoms with E-state index < -0.39 is 5.97 Å². The van der Waals surface area contributed by atoms with Crippen LogP contribution in [-0.2, 0) is 11.3 Å². The van der Waals surface area contributed by atoms with Crippen LogP contribution in [0.15, 0.2) is 36.4 Å². The first kappa shape index (κ1) is 15.7. The Balaban J connectivity index is 1.69. The van der Waals surface area contributed by atoms with Crippen LogP contribution in [0.2, 0.25) is 0 Å². The highest BCUT2D eigenvalue weighted by Gasteiger charge is 2.21. The normalized spacial score (nSPS) is 16.6. The van der Waals surface area contributed by atoms with Crippen LogP contribution in [0.25, 0.3) is 10.8 Å². The van der Waals surface area contributed by atoms with Gasteiger partial charge < -0.3 is 5.11 Å². The third-order valence-corrected chi connectivity index (χ3v) is 4.60. The number of hydrogen-bond acceptors (Lipinski definition) is 3. The third-order valence-electron chi connectivity index (χ3n) is 4.60. The predicted octanol–water partition coefficient (Wildman–Crippen LogP) is 3.79. The molecule has 0 spiro atoms. The van der Waals surface area contributed by atoms with E-state index in [9.17, 15) is 9.32 Å². The van der Waals surface area contributed by atoms with E-state index in [0.29, 0.717) is 5.92 Å². The molecule has 2 aromatic rings. The summed E-state index contributed by atoms with van der Waals surface area (Å²) in [5.74, 6) is -0.201. The second kappa shape index (κ2) is 6.96. The van der Waals surface area contributed by atoms with Crippen LogP contribution in [0.3, 0.4) is 0 Å². The number of aliphatic carboxylic acids is 1. The lowest BCUT2D eigenvalue weighted by molar-refractivity contribution is -0.138. The average molecular weight is 317 g/mol. The average Bonchev–Trinajstić information content (AvgIpc) is 2.56. The zero-order valence-electron chi connectivity index (χ0n) is 12.9. The summed E-state index contributed by atoms with van der Waals surface area (Å²) in [5.41, 5.74) is 1.20. The molecule has 122 valence electrons. The summed E-state index contributed by atoms with van der Waals surface area (Å²) >= 11 is 0. The Morgan fingerprint density at radius 1 is 1.26 bits per heavy atom. The molecular formula is C18H20FNO3. The van der Waals surface area contributed by atoms with E-state index in [-0.39, 0.29) is 12.2 Å². The Bertz CT molecular complexity index is 696. The van der Waals surface area contributed by atoms with Gasteiger partial charge in [-0.25, -0.2) is 0 Å². The Morgan fingerprint density at radius 2 is 2.04 bits per heavy atom. The van der Waals surface area contributed by atoms with Crippen molar-refractivity contribution in [2.24, 2.45) is 5.92 Å². The second-order valence-electron chi connectivity index (χ2n) is 6.19. The summed E-state index contributed by atoms with van der Waals surface area (Å²) in [6.45, 7) is 2.66. The van der Waals surface area contributed by atoms with Crippen LogP contribution in [0.4, 0.5) is 4.53 Å². The molecule has 0 aromatic heterocycles. The lowest BCUT2D eigenvalue weighted by Crippen LogP contribution is -2.33. The van der Waals surface area contributed by atoms with E-state index in [1.54, 1.807) is 12.1 Å². The van der Waals surface area contributed by atoms with E-state index in [1.807, 2.05) is 18.2 Å². The number of carboxylic acids is 1. The van der Waals surface area contributed by atoms with Gasteiger partial charge in [-0.15, -0.1) is 0 Å². The number of likely N-dealkylation sites (tertiary alicyclic amines) is 1. The SMILES string of the molecule is O=C(O)CC1CCN(Cc2cccc3cc(OF)ccc23)CC1. The second-order valence-corrected chi connectivity index (χ2v) is 6.19. The molecule has 1 aliphatic rings. The van der Waals surface area contributed by atoms with Crippen LogP contribution in [-0.4, -0.2) is 29.1 Å². The molecule has 1 N–H and O–H groups in total. The topological polar surface area (TPSA) is 49.8 Å². The Morgan fingerprint density at radius 3 is 2.74 bits per heavy atom. The van der Waals surface area contributed by atoms with Crippen molar-refractivity contribution in [3.63, 3.8) is 0 Å². The van der Waals surface area contributed by atoms with Crippen LogP contribution in [0, 0.1) is 5.92 Å². The summed E-state index contributed by atoms with van der Waals surface area (Å²) in [5, 5.41) is 10.9. The number of fused-ring (bicyclic) bond motifs is 1. The van der Waals surface area contributed by atoms with Crippen LogP contribution >= 0.6 is 0 Å². The molecule has 23 heavy (non-hydrogen) atoms. The molecule has 0 aliphatic carbocycles. The quantitative estimate of drug-likeness (QED) is 0.911. The van der Waals surface area contributed by atoms with Crippen molar-refractivity contribution < 1.29 is 19.4 Å². The highest BCUT2D eigenvalue weighted by atomic mass is 19.3. The first-order valence-corrected chi connectivity index (χ1v) is 7.90. The minimum absolute atomic E-state index is 0.212. The third kappa shape index (κ3) is 3.79. The van der Waals surface area contributed by atoms with E-state index in [0.717, 1.165) is 43.2 Å². The Kier molecular flexibility index (Phi) is 4.76. The number of benzene rings is 2. The smallest absolute Gasteiger partial charge is 0.303 e. The first-order chi connectivity index (χ1) is 11.2. The van der Waals surface area contributed by atoms with Crippen molar-refractivity contribution in [1.82, 2.24) is 4.90 Å². The highest BCUT2D eigenvalue weighted by Crippen LogP contribution is 2.27. The molecular weight excluding hydrogens is 297 g/mol.